The third-order valence-electron chi connectivity index (χ3n) is 5.93. The summed E-state index contributed by atoms with van der Waals surface area (Å²) in [4.78, 5) is 9.10. The molecule has 1 aliphatic heterocycles. The van der Waals surface area contributed by atoms with E-state index in [1.54, 1.807) is 7.11 Å². The number of hydrogen-bond donors (Lipinski definition) is 1. The molecule has 1 saturated heterocycles. The molecule has 1 fully saturated rings. The van der Waals surface area contributed by atoms with Gasteiger partial charge in [-0.05, 0) is 34.0 Å². The summed E-state index contributed by atoms with van der Waals surface area (Å²) in [6, 6.07) is 8.41. The first kappa shape index (κ1) is 23.0. The van der Waals surface area contributed by atoms with Gasteiger partial charge in [0.05, 0.1) is 13.2 Å². The second kappa shape index (κ2) is 8.78. The predicted molar refractivity (Wildman–Crippen MR) is 121 cm³/mol. The van der Waals surface area contributed by atoms with Gasteiger partial charge in [-0.15, -0.1) is 24.0 Å². The van der Waals surface area contributed by atoms with Crippen molar-refractivity contribution in [2.24, 2.45) is 10.4 Å². The van der Waals surface area contributed by atoms with Crippen molar-refractivity contribution >= 4 is 29.9 Å². The molecule has 0 spiro atoms. The van der Waals surface area contributed by atoms with Gasteiger partial charge < -0.3 is 19.9 Å². The van der Waals surface area contributed by atoms with E-state index in [1.165, 1.54) is 5.56 Å². The first-order chi connectivity index (χ1) is 11.7. The second-order valence-electron chi connectivity index (χ2n) is 8.18. The van der Waals surface area contributed by atoms with Gasteiger partial charge >= 0.3 is 0 Å². The molecule has 0 bridgehead atoms. The van der Waals surface area contributed by atoms with Crippen LogP contribution < -0.4 is 10.1 Å². The van der Waals surface area contributed by atoms with Gasteiger partial charge in [0, 0.05) is 36.7 Å². The Labute approximate surface area is 176 Å². The SMILES string of the molecule is CN=C(NCC(c1ccccc1OC)N(C)C)N1CC(C)(C)C1(C)C.I. The van der Waals surface area contributed by atoms with Crippen LogP contribution in [0.4, 0.5) is 0 Å². The summed E-state index contributed by atoms with van der Waals surface area (Å²) in [5.41, 5.74) is 1.56. The molecule has 5 nitrogen and oxygen atoms in total. The summed E-state index contributed by atoms with van der Waals surface area (Å²) in [7, 11) is 7.77. The van der Waals surface area contributed by atoms with Gasteiger partial charge in [-0.1, -0.05) is 32.0 Å². The van der Waals surface area contributed by atoms with Crippen molar-refractivity contribution in [3.05, 3.63) is 29.8 Å². The van der Waals surface area contributed by atoms with E-state index >= 15 is 0 Å². The van der Waals surface area contributed by atoms with Crippen LogP contribution in [-0.4, -0.2) is 62.6 Å². The molecule has 0 amide bonds. The van der Waals surface area contributed by atoms with Crippen LogP contribution in [-0.2, 0) is 0 Å². The summed E-state index contributed by atoms with van der Waals surface area (Å²) in [6.45, 7) is 11.0. The lowest BCUT2D eigenvalue weighted by Crippen LogP contribution is -2.72. The van der Waals surface area contributed by atoms with E-state index in [9.17, 15) is 0 Å². The number of ether oxygens (including phenoxy) is 1. The molecular weight excluding hydrogens is 439 g/mol. The van der Waals surface area contributed by atoms with Crippen molar-refractivity contribution in [2.45, 2.75) is 39.3 Å². The van der Waals surface area contributed by atoms with Crippen LogP contribution >= 0.6 is 24.0 Å². The van der Waals surface area contributed by atoms with Crippen LogP contribution in [0.1, 0.15) is 39.3 Å². The Kier molecular flexibility index (Phi) is 7.77. The summed E-state index contributed by atoms with van der Waals surface area (Å²) < 4.78 is 5.55. The van der Waals surface area contributed by atoms with Crippen LogP contribution in [0.25, 0.3) is 0 Å². The maximum Gasteiger partial charge on any atom is 0.194 e. The summed E-state index contributed by atoms with van der Waals surface area (Å²) in [6.07, 6.45) is 0. The lowest BCUT2D eigenvalue weighted by atomic mass is 9.65. The Morgan fingerprint density at radius 3 is 2.35 bits per heavy atom. The molecule has 26 heavy (non-hydrogen) atoms. The van der Waals surface area contributed by atoms with Gasteiger partial charge in [0.2, 0.25) is 0 Å². The Morgan fingerprint density at radius 2 is 1.88 bits per heavy atom. The first-order valence-corrected chi connectivity index (χ1v) is 8.93. The number of aliphatic imine (C=N–C) groups is 1. The molecule has 0 radical (unpaired) electrons. The minimum absolute atomic E-state index is 0. The molecule has 2 rings (SSSR count). The maximum absolute atomic E-state index is 5.55. The normalized spacial score (nSPS) is 19.4. The number of rotatable bonds is 5. The molecule has 0 saturated carbocycles. The van der Waals surface area contributed by atoms with E-state index in [2.05, 4.69) is 74.0 Å². The highest BCUT2D eigenvalue weighted by Crippen LogP contribution is 2.46. The van der Waals surface area contributed by atoms with Gasteiger partial charge in [0.15, 0.2) is 5.96 Å². The van der Waals surface area contributed by atoms with Gasteiger partial charge in [-0.2, -0.15) is 0 Å². The highest BCUT2D eigenvalue weighted by atomic mass is 127. The van der Waals surface area contributed by atoms with E-state index in [1.807, 2.05) is 19.2 Å². The Morgan fingerprint density at radius 1 is 1.27 bits per heavy atom. The van der Waals surface area contributed by atoms with Gasteiger partial charge in [0.25, 0.3) is 0 Å². The zero-order chi connectivity index (χ0) is 18.8. The van der Waals surface area contributed by atoms with Crippen molar-refractivity contribution in [2.75, 3.05) is 41.3 Å². The molecule has 0 aliphatic carbocycles. The average Bonchev–Trinajstić information content (AvgIpc) is 2.57. The Hall–Kier alpha value is -1.02. The van der Waals surface area contributed by atoms with Crippen molar-refractivity contribution in [1.29, 1.82) is 0 Å². The molecule has 6 heteroatoms. The first-order valence-electron chi connectivity index (χ1n) is 8.93. The van der Waals surface area contributed by atoms with E-state index in [0.29, 0.717) is 0 Å². The Bertz CT molecular complexity index is 628. The summed E-state index contributed by atoms with van der Waals surface area (Å²) >= 11 is 0. The second-order valence-corrected chi connectivity index (χ2v) is 8.18. The number of benzene rings is 1. The summed E-state index contributed by atoms with van der Waals surface area (Å²) in [5, 5.41) is 3.57. The number of methoxy groups -OCH3 is 1. The van der Waals surface area contributed by atoms with Crippen molar-refractivity contribution in [3.63, 3.8) is 0 Å². The van der Waals surface area contributed by atoms with Crippen LogP contribution in [0.5, 0.6) is 5.75 Å². The third kappa shape index (κ3) is 4.27. The monoisotopic (exact) mass is 474 g/mol. The smallest absolute Gasteiger partial charge is 0.194 e. The van der Waals surface area contributed by atoms with E-state index in [-0.39, 0.29) is 41.0 Å². The van der Waals surface area contributed by atoms with Gasteiger partial charge in [-0.25, -0.2) is 0 Å². The number of guanidine groups is 1. The topological polar surface area (TPSA) is 40.1 Å². The Balaban J connectivity index is 0.00000338. The fraction of sp³-hybridized carbons (Fsp3) is 0.650. The number of nitrogens with zero attached hydrogens (tertiary/aromatic N) is 3. The molecule has 0 aromatic heterocycles. The minimum Gasteiger partial charge on any atom is -0.496 e. The average molecular weight is 474 g/mol. The van der Waals surface area contributed by atoms with Gasteiger partial charge in [-0.3, -0.25) is 4.99 Å². The fourth-order valence-corrected chi connectivity index (χ4v) is 3.40. The van der Waals surface area contributed by atoms with Gasteiger partial charge in [0.1, 0.15) is 5.75 Å². The van der Waals surface area contributed by atoms with Crippen LogP contribution in [0.15, 0.2) is 29.3 Å². The predicted octanol–water partition coefficient (Wildman–Crippen LogP) is 3.61. The van der Waals surface area contributed by atoms with E-state index < -0.39 is 0 Å². The van der Waals surface area contributed by atoms with E-state index in [4.69, 9.17) is 4.74 Å². The van der Waals surface area contributed by atoms with Crippen LogP contribution in [0.3, 0.4) is 0 Å². The number of likely N-dealkylation sites (N-methyl/N-ethyl adjacent to an activating group) is 1. The molecule has 1 aliphatic rings. The molecule has 1 N–H and O–H groups in total. The van der Waals surface area contributed by atoms with E-state index in [0.717, 1.165) is 24.8 Å². The zero-order valence-electron chi connectivity index (χ0n) is 17.5. The van der Waals surface area contributed by atoms with Crippen molar-refractivity contribution < 1.29 is 4.74 Å². The zero-order valence-corrected chi connectivity index (χ0v) is 19.8. The minimum atomic E-state index is 0. The largest absolute Gasteiger partial charge is 0.496 e. The third-order valence-corrected chi connectivity index (χ3v) is 5.93. The molecule has 1 aromatic rings. The lowest BCUT2D eigenvalue weighted by molar-refractivity contribution is -0.0668. The number of hydrogen-bond acceptors (Lipinski definition) is 3. The van der Waals surface area contributed by atoms with Crippen LogP contribution in [0, 0.1) is 5.41 Å². The summed E-state index contributed by atoms with van der Waals surface area (Å²) in [5.74, 6) is 1.88. The number of nitrogens with one attached hydrogen (secondary N) is 1. The lowest BCUT2D eigenvalue weighted by Gasteiger charge is -2.62. The fourth-order valence-electron chi connectivity index (χ4n) is 3.40. The number of para-hydroxylation sites is 1. The maximum atomic E-state index is 5.55. The van der Waals surface area contributed by atoms with Crippen molar-refractivity contribution in [3.8, 4) is 5.75 Å². The highest BCUT2D eigenvalue weighted by Gasteiger charge is 2.53. The molecule has 148 valence electrons. The van der Waals surface area contributed by atoms with Crippen LogP contribution in [0.2, 0.25) is 0 Å². The van der Waals surface area contributed by atoms with Crippen molar-refractivity contribution in [1.82, 2.24) is 15.1 Å². The number of halogens is 1. The molecule has 1 atom stereocenters. The molecule has 1 aromatic carbocycles. The molecule has 1 unspecified atom stereocenters. The quantitative estimate of drug-likeness (QED) is 0.402. The number of likely N-dealkylation sites (tertiary alicyclic amines) is 1. The molecule has 1 heterocycles. The standard InChI is InChI=1S/C20H34N4O.HI/c1-19(2)14-24(20(19,3)4)18(21-5)22-13-16(23(6)7)15-11-9-10-12-17(15)25-8;/h9-12,16H,13-14H2,1-8H3,(H,21,22);1H. The molecular formula is C20H35IN4O. The highest BCUT2D eigenvalue weighted by molar-refractivity contribution is 14.0.